The first kappa shape index (κ1) is 18.6. The number of carbonyl (C=O) groups is 2. The van der Waals surface area contributed by atoms with Gasteiger partial charge in [0.1, 0.15) is 6.54 Å². The lowest BCUT2D eigenvalue weighted by Gasteiger charge is -2.28. The molecule has 0 aromatic rings. The molecular formula is C15H28NO4+. The van der Waals surface area contributed by atoms with Gasteiger partial charge in [-0.1, -0.05) is 25.8 Å². The highest BCUT2D eigenvalue weighted by atomic mass is 16.5. The second kappa shape index (κ2) is 9.53. The van der Waals surface area contributed by atoms with Crippen LogP contribution in [0.5, 0.6) is 0 Å². The van der Waals surface area contributed by atoms with E-state index >= 15 is 0 Å². The van der Waals surface area contributed by atoms with Crippen LogP contribution in [-0.4, -0.2) is 55.3 Å². The van der Waals surface area contributed by atoms with E-state index in [1.165, 1.54) is 6.08 Å². The second-order valence-corrected chi connectivity index (χ2v) is 6.03. The van der Waals surface area contributed by atoms with Crippen LogP contribution in [0.2, 0.25) is 0 Å². The molecule has 0 unspecified atom stereocenters. The number of carboxylic acid groups (broad SMARTS) is 1. The van der Waals surface area contributed by atoms with E-state index < -0.39 is 18.0 Å². The van der Waals surface area contributed by atoms with Crippen LogP contribution >= 0.6 is 0 Å². The molecule has 1 atom stereocenters. The molecule has 0 rings (SSSR count). The fourth-order valence-electron chi connectivity index (χ4n) is 1.84. The van der Waals surface area contributed by atoms with Gasteiger partial charge in [-0.3, -0.25) is 4.79 Å². The highest BCUT2D eigenvalue weighted by Crippen LogP contribution is 2.06. The third-order valence-electron chi connectivity index (χ3n) is 2.66. The lowest BCUT2D eigenvalue weighted by molar-refractivity contribution is -0.873. The van der Waals surface area contributed by atoms with Crippen molar-refractivity contribution in [3.63, 3.8) is 0 Å². The van der Waals surface area contributed by atoms with E-state index in [2.05, 4.69) is 6.92 Å². The van der Waals surface area contributed by atoms with Gasteiger partial charge < -0.3 is 14.3 Å². The number of hydrogen-bond donors (Lipinski definition) is 1. The number of allylic oxidation sites excluding steroid dienone is 1. The molecule has 0 aromatic carbocycles. The predicted octanol–water partition coefficient (Wildman–Crippen LogP) is 2.22. The van der Waals surface area contributed by atoms with Crippen LogP contribution < -0.4 is 0 Å². The summed E-state index contributed by atoms with van der Waals surface area (Å²) in [6, 6.07) is 0. The van der Waals surface area contributed by atoms with Crippen LogP contribution in [0, 0.1) is 0 Å². The summed E-state index contributed by atoms with van der Waals surface area (Å²) in [5, 5.41) is 8.85. The van der Waals surface area contributed by atoms with Crippen molar-refractivity contribution in [2.24, 2.45) is 0 Å². The minimum absolute atomic E-state index is 0.162. The summed E-state index contributed by atoms with van der Waals surface area (Å²) in [6.45, 7) is 2.60. The smallest absolute Gasteiger partial charge is 0.330 e. The summed E-state index contributed by atoms with van der Waals surface area (Å²) >= 11 is 0. The average molecular weight is 286 g/mol. The minimum Gasteiger partial charge on any atom is -0.481 e. The number of carbonyl (C=O) groups excluding carboxylic acids is 1. The molecule has 0 aromatic heterocycles. The highest BCUT2D eigenvalue weighted by Gasteiger charge is 2.23. The minimum atomic E-state index is -0.955. The third kappa shape index (κ3) is 11.7. The van der Waals surface area contributed by atoms with Crippen molar-refractivity contribution >= 4 is 11.9 Å². The number of esters is 1. The van der Waals surface area contributed by atoms with Crippen molar-refractivity contribution in [1.82, 2.24) is 0 Å². The molecule has 116 valence electrons. The fourth-order valence-corrected chi connectivity index (χ4v) is 1.84. The zero-order valence-electron chi connectivity index (χ0n) is 13.1. The normalized spacial score (nSPS) is 13.4. The number of rotatable bonds is 10. The first-order valence-corrected chi connectivity index (χ1v) is 7.14. The number of ether oxygens (including phenoxy) is 1. The zero-order valence-corrected chi connectivity index (χ0v) is 13.1. The molecule has 0 aliphatic rings. The van der Waals surface area contributed by atoms with Gasteiger partial charge in [-0.25, -0.2) is 4.79 Å². The van der Waals surface area contributed by atoms with E-state index in [9.17, 15) is 9.59 Å². The van der Waals surface area contributed by atoms with Crippen molar-refractivity contribution in [1.29, 1.82) is 0 Å². The molecule has 20 heavy (non-hydrogen) atoms. The molecule has 0 radical (unpaired) electrons. The summed E-state index contributed by atoms with van der Waals surface area (Å²) in [7, 11) is 5.80. The quantitative estimate of drug-likeness (QED) is 0.289. The van der Waals surface area contributed by atoms with E-state index in [0.717, 1.165) is 25.7 Å². The molecule has 1 N–H and O–H groups in total. The molecule has 0 bridgehead atoms. The van der Waals surface area contributed by atoms with Gasteiger partial charge in [0.25, 0.3) is 0 Å². The number of likely N-dealkylation sites (N-methyl/N-ethyl adjacent to an activating group) is 1. The number of nitrogens with zero attached hydrogens (tertiary/aromatic N) is 1. The molecule has 0 aliphatic carbocycles. The van der Waals surface area contributed by atoms with Gasteiger partial charge in [-0.15, -0.1) is 0 Å². The molecule has 5 heteroatoms. The van der Waals surface area contributed by atoms with Crippen LogP contribution in [0.15, 0.2) is 12.2 Å². The van der Waals surface area contributed by atoms with Crippen molar-refractivity contribution in [2.75, 3.05) is 27.7 Å². The zero-order chi connectivity index (χ0) is 15.6. The largest absolute Gasteiger partial charge is 0.481 e. The van der Waals surface area contributed by atoms with Gasteiger partial charge in [0.15, 0.2) is 6.10 Å². The lowest BCUT2D eigenvalue weighted by Crippen LogP contribution is -2.43. The number of aliphatic carboxylic acids is 1. The van der Waals surface area contributed by atoms with Crippen LogP contribution in [0.1, 0.15) is 39.0 Å². The fraction of sp³-hybridized carbons (Fsp3) is 0.733. The topological polar surface area (TPSA) is 63.6 Å². The monoisotopic (exact) mass is 286 g/mol. The number of hydrogen-bond acceptors (Lipinski definition) is 3. The summed E-state index contributed by atoms with van der Waals surface area (Å²) in [6.07, 6.45) is 6.62. The van der Waals surface area contributed by atoms with Gasteiger partial charge in [-0.2, -0.15) is 0 Å². The molecule has 0 spiro atoms. The molecule has 0 fully saturated rings. The van der Waals surface area contributed by atoms with Gasteiger partial charge >= 0.3 is 11.9 Å². The molecule has 0 heterocycles. The van der Waals surface area contributed by atoms with Crippen molar-refractivity contribution < 1.29 is 23.9 Å². The first-order valence-electron chi connectivity index (χ1n) is 7.14. The van der Waals surface area contributed by atoms with Crippen LogP contribution in [-0.2, 0) is 14.3 Å². The summed E-state index contributed by atoms with van der Waals surface area (Å²) < 4.78 is 5.77. The highest BCUT2D eigenvalue weighted by molar-refractivity contribution is 5.82. The van der Waals surface area contributed by atoms with E-state index in [4.69, 9.17) is 9.84 Å². The van der Waals surface area contributed by atoms with Crippen LogP contribution in [0.3, 0.4) is 0 Å². The first-order chi connectivity index (χ1) is 9.24. The molecule has 0 saturated heterocycles. The van der Waals surface area contributed by atoms with E-state index in [1.807, 2.05) is 21.1 Å². The maximum atomic E-state index is 11.6. The summed E-state index contributed by atoms with van der Waals surface area (Å²) in [5.74, 6) is -1.41. The molecule has 5 nitrogen and oxygen atoms in total. The van der Waals surface area contributed by atoms with Gasteiger partial charge in [0.2, 0.25) is 0 Å². The maximum Gasteiger partial charge on any atom is 0.330 e. The van der Waals surface area contributed by atoms with Gasteiger partial charge in [-0.05, 0) is 12.8 Å². The number of unbranched alkanes of at least 4 members (excludes halogenated alkanes) is 3. The Morgan fingerprint density at radius 2 is 1.90 bits per heavy atom. The van der Waals surface area contributed by atoms with Gasteiger partial charge in [0, 0.05) is 6.08 Å². The molecular weight excluding hydrogens is 258 g/mol. The van der Waals surface area contributed by atoms with E-state index in [-0.39, 0.29) is 6.42 Å². The maximum absolute atomic E-state index is 11.6. The standard InChI is InChI=1S/C15H27NO4/c1-5-6-7-8-9-10-15(19)20-13(11-14(17)18)12-16(2,3)4/h9-10,13H,5-8,11-12H2,1-4H3/p+1/t13-/m1/s1. The van der Waals surface area contributed by atoms with Crippen LogP contribution in [0.4, 0.5) is 0 Å². The third-order valence-corrected chi connectivity index (χ3v) is 2.66. The SMILES string of the molecule is CCCCCC=CC(=O)O[C@H](CC(=O)O)C[N+](C)(C)C. The van der Waals surface area contributed by atoms with Crippen molar-refractivity contribution in [3.05, 3.63) is 12.2 Å². The van der Waals surface area contributed by atoms with Crippen LogP contribution in [0.25, 0.3) is 0 Å². The van der Waals surface area contributed by atoms with Gasteiger partial charge in [0.05, 0.1) is 27.6 Å². The summed E-state index contributed by atoms with van der Waals surface area (Å²) in [4.78, 5) is 22.4. The molecule has 0 saturated carbocycles. The Labute approximate surface area is 121 Å². The Bertz CT molecular complexity index is 331. The van der Waals surface area contributed by atoms with E-state index in [0.29, 0.717) is 11.0 Å². The number of carboxylic acids is 1. The second-order valence-electron chi connectivity index (χ2n) is 6.03. The Kier molecular flexibility index (Phi) is 8.88. The van der Waals surface area contributed by atoms with Crippen molar-refractivity contribution in [3.8, 4) is 0 Å². The average Bonchev–Trinajstić information content (AvgIpc) is 2.25. The Morgan fingerprint density at radius 1 is 1.25 bits per heavy atom. The Hall–Kier alpha value is -1.36. The van der Waals surface area contributed by atoms with Crippen molar-refractivity contribution in [2.45, 2.75) is 45.1 Å². The Morgan fingerprint density at radius 3 is 2.40 bits per heavy atom. The molecule has 0 aliphatic heterocycles. The predicted molar refractivity (Wildman–Crippen MR) is 78.3 cm³/mol. The van der Waals surface area contributed by atoms with E-state index in [1.54, 1.807) is 6.08 Å². The Balaban J connectivity index is 4.27. The molecule has 0 amide bonds. The number of quaternary nitrogens is 1. The lowest BCUT2D eigenvalue weighted by atomic mass is 10.2. The summed E-state index contributed by atoms with van der Waals surface area (Å²) in [5.41, 5.74) is 0.